The Morgan fingerprint density at radius 1 is 1.69 bits per heavy atom. The predicted molar refractivity (Wildman–Crippen MR) is 48.6 cm³/mol. The van der Waals surface area contributed by atoms with Gasteiger partial charge < -0.3 is 9.73 Å². The van der Waals surface area contributed by atoms with E-state index in [4.69, 9.17) is 4.42 Å². The summed E-state index contributed by atoms with van der Waals surface area (Å²) in [5, 5.41) is 3.17. The van der Waals surface area contributed by atoms with E-state index in [1.54, 1.807) is 12.3 Å². The van der Waals surface area contributed by atoms with Gasteiger partial charge in [-0.15, -0.1) is 0 Å². The summed E-state index contributed by atoms with van der Waals surface area (Å²) in [5.41, 5.74) is 0.694. The topological polar surface area (TPSA) is 42.2 Å². The molecule has 1 aromatic heterocycles. The Morgan fingerprint density at radius 2 is 2.46 bits per heavy atom. The van der Waals surface area contributed by atoms with E-state index in [0.717, 1.165) is 13.1 Å². The molecular formula is C10H13NO2. The standard InChI is InChI=1S/C10H13NO2/c1-7(9-4-11-5-9)10(12)8-2-3-13-6-8/h2-3,6-7,9,11H,4-5H2,1H3. The fourth-order valence-corrected chi connectivity index (χ4v) is 1.55. The first kappa shape index (κ1) is 8.51. The molecule has 2 heterocycles. The average Bonchev–Trinajstić information content (AvgIpc) is 2.51. The Kier molecular flexibility index (Phi) is 2.19. The minimum atomic E-state index is 0.110. The summed E-state index contributed by atoms with van der Waals surface area (Å²) in [4.78, 5) is 11.8. The Balaban J connectivity index is 2.04. The first-order chi connectivity index (χ1) is 6.29. The minimum absolute atomic E-state index is 0.110. The summed E-state index contributed by atoms with van der Waals surface area (Å²) in [5.74, 6) is 0.807. The summed E-state index contributed by atoms with van der Waals surface area (Å²) >= 11 is 0. The number of hydrogen-bond donors (Lipinski definition) is 1. The summed E-state index contributed by atoms with van der Waals surface area (Å²) in [7, 11) is 0. The minimum Gasteiger partial charge on any atom is -0.472 e. The second-order valence-corrected chi connectivity index (χ2v) is 3.58. The first-order valence-electron chi connectivity index (χ1n) is 4.56. The lowest BCUT2D eigenvalue weighted by Crippen LogP contribution is -2.47. The maximum Gasteiger partial charge on any atom is 0.169 e. The van der Waals surface area contributed by atoms with Gasteiger partial charge >= 0.3 is 0 Å². The van der Waals surface area contributed by atoms with E-state index in [-0.39, 0.29) is 11.7 Å². The molecular weight excluding hydrogens is 166 g/mol. The molecule has 1 aromatic rings. The quantitative estimate of drug-likeness (QED) is 0.711. The largest absolute Gasteiger partial charge is 0.472 e. The van der Waals surface area contributed by atoms with E-state index < -0.39 is 0 Å². The predicted octanol–water partition coefficient (Wildman–Crippen LogP) is 1.32. The van der Waals surface area contributed by atoms with E-state index >= 15 is 0 Å². The molecule has 1 atom stereocenters. The fraction of sp³-hybridized carbons (Fsp3) is 0.500. The molecule has 3 heteroatoms. The van der Waals surface area contributed by atoms with Gasteiger partial charge in [0, 0.05) is 5.92 Å². The van der Waals surface area contributed by atoms with Gasteiger partial charge in [-0.1, -0.05) is 6.92 Å². The second kappa shape index (κ2) is 3.34. The molecule has 0 saturated carbocycles. The van der Waals surface area contributed by atoms with Gasteiger partial charge in [0.15, 0.2) is 5.78 Å². The molecule has 2 rings (SSSR count). The van der Waals surface area contributed by atoms with Crippen LogP contribution in [0.1, 0.15) is 17.3 Å². The van der Waals surface area contributed by atoms with Gasteiger partial charge in [0.25, 0.3) is 0 Å². The lowest BCUT2D eigenvalue weighted by Gasteiger charge is -2.31. The van der Waals surface area contributed by atoms with Gasteiger partial charge in [-0.2, -0.15) is 0 Å². The molecule has 0 amide bonds. The van der Waals surface area contributed by atoms with E-state index in [2.05, 4.69) is 5.32 Å². The molecule has 0 aliphatic carbocycles. The van der Waals surface area contributed by atoms with Crippen LogP contribution in [0.4, 0.5) is 0 Å². The maximum atomic E-state index is 11.8. The highest BCUT2D eigenvalue weighted by atomic mass is 16.3. The van der Waals surface area contributed by atoms with Crippen LogP contribution in [0, 0.1) is 11.8 Å². The zero-order valence-electron chi connectivity index (χ0n) is 7.62. The van der Waals surface area contributed by atoms with Crippen molar-refractivity contribution in [2.24, 2.45) is 11.8 Å². The van der Waals surface area contributed by atoms with Crippen molar-refractivity contribution in [1.29, 1.82) is 0 Å². The number of rotatable bonds is 3. The van der Waals surface area contributed by atoms with E-state index in [1.165, 1.54) is 6.26 Å². The Bertz CT molecular complexity index is 288. The lowest BCUT2D eigenvalue weighted by atomic mass is 9.84. The molecule has 0 aromatic carbocycles. The van der Waals surface area contributed by atoms with Gasteiger partial charge in [0.1, 0.15) is 6.26 Å². The van der Waals surface area contributed by atoms with E-state index in [9.17, 15) is 4.79 Å². The summed E-state index contributed by atoms with van der Waals surface area (Å²) < 4.78 is 4.88. The van der Waals surface area contributed by atoms with Crippen molar-refractivity contribution in [2.45, 2.75) is 6.92 Å². The SMILES string of the molecule is CC(C(=O)c1ccoc1)C1CNC1. The van der Waals surface area contributed by atoms with Gasteiger partial charge in [-0.25, -0.2) is 0 Å². The number of Topliss-reactive ketones (excluding diaryl/α,β-unsaturated/α-hetero) is 1. The normalized spacial score (nSPS) is 19.5. The second-order valence-electron chi connectivity index (χ2n) is 3.58. The monoisotopic (exact) mass is 179 g/mol. The van der Waals surface area contributed by atoms with Crippen molar-refractivity contribution in [1.82, 2.24) is 5.32 Å². The van der Waals surface area contributed by atoms with Crippen molar-refractivity contribution >= 4 is 5.78 Å². The molecule has 1 fully saturated rings. The molecule has 1 aliphatic heterocycles. The zero-order valence-corrected chi connectivity index (χ0v) is 7.62. The van der Waals surface area contributed by atoms with Crippen LogP contribution >= 0.6 is 0 Å². The van der Waals surface area contributed by atoms with Gasteiger partial charge in [-0.05, 0) is 25.1 Å². The smallest absolute Gasteiger partial charge is 0.169 e. The first-order valence-corrected chi connectivity index (χ1v) is 4.56. The van der Waals surface area contributed by atoms with Crippen molar-refractivity contribution in [3.05, 3.63) is 24.2 Å². The number of carbonyl (C=O) groups is 1. The van der Waals surface area contributed by atoms with Crippen LogP contribution in [0.25, 0.3) is 0 Å². The van der Waals surface area contributed by atoms with Crippen LogP contribution in [0.15, 0.2) is 23.0 Å². The number of hydrogen-bond acceptors (Lipinski definition) is 3. The molecule has 3 nitrogen and oxygen atoms in total. The molecule has 0 radical (unpaired) electrons. The van der Waals surface area contributed by atoms with Crippen molar-refractivity contribution in [3.8, 4) is 0 Å². The number of nitrogens with one attached hydrogen (secondary N) is 1. The zero-order chi connectivity index (χ0) is 9.26. The van der Waals surface area contributed by atoms with Gasteiger partial charge in [-0.3, -0.25) is 4.79 Å². The Labute approximate surface area is 77.1 Å². The molecule has 13 heavy (non-hydrogen) atoms. The fourth-order valence-electron chi connectivity index (χ4n) is 1.55. The third-order valence-electron chi connectivity index (χ3n) is 2.74. The number of furan rings is 1. The van der Waals surface area contributed by atoms with Crippen LogP contribution in [0.2, 0.25) is 0 Å². The highest BCUT2D eigenvalue weighted by molar-refractivity contribution is 5.97. The summed E-state index contributed by atoms with van der Waals surface area (Å²) in [6.45, 7) is 3.91. The molecule has 1 N–H and O–H groups in total. The molecule has 0 spiro atoms. The van der Waals surface area contributed by atoms with Crippen molar-refractivity contribution in [3.63, 3.8) is 0 Å². The summed E-state index contributed by atoms with van der Waals surface area (Å²) in [6.07, 6.45) is 3.06. The average molecular weight is 179 g/mol. The van der Waals surface area contributed by atoms with Crippen molar-refractivity contribution < 1.29 is 9.21 Å². The third kappa shape index (κ3) is 1.52. The van der Waals surface area contributed by atoms with E-state index in [1.807, 2.05) is 6.92 Å². The molecule has 0 bridgehead atoms. The van der Waals surface area contributed by atoms with Crippen LogP contribution in [0.3, 0.4) is 0 Å². The molecule has 1 saturated heterocycles. The van der Waals surface area contributed by atoms with Gasteiger partial charge in [0.05, 0.1) is 11.8 Å². The van der Waals surface area contributed by atoms with Crippen LogP contribution < -0.4 is 5.32 Å². The highest BCUT2D eigenvalue weighted by Crippen LogP contribution is 2.20. The number of carbonyl (C=O) groups excluding carboxylic acids is 1. The molecule has 70 valence electrons. The van der Waals surface area contributed by atoms with E-state index in [0.29, 0.717) is 11.5 Å². The van der Waals surface area contributed by atoms with Crippen LogP contribution in [-0.2, 0) is 0 Å². The highest BCUT2D eigenvalue weighted by Gasteiger charge is 2.29. The maximum absolute atomic E-state index is 11.8. The lowest BCUT2D eigenvalue weighted by molar-refractivity contribution is 0.0853. The number of ketones is 1. The molecule has 1 aliphatic rings. The van der Waals surface area contributed by atoms with Crippen molar-refractivity contribution in [2.75, 3.05) is 13.1 Å². The third-order valence-corrected chi connectivity index (χ3v) is 2.74. The molecule has 1 unspecified atom stereocenters. The van der Waals surface area contributed by atoms with Crippen LogP contribution in [0.5, 0.6) is 0 Å². The summed E-state index contributed by atoms with van der Waals surface area (Å²) in [6, 6.07) is 1.73. The van der Waals surface area contributed by atoms with Gasteiger partial charge in [0.2, 0.25) is 0 Å². The Hall–Kier alpha value is -1.09. The Morgan fingerprint density at radius 3 is 2.92 bits per heavy atom. The van der Waals surface area contributed by atoms with Crippen LogP contribution in [-0.4, -0.2) is 18.9 Å².